The van der Waals surface area contributed by atoms with Crippen molar-refractivity contribution in [3.63, 3.8) is 0 Å². The molecular weight excluding hydrogens is 204 g/mol. The average Bonchev–Trinajstić information content (AvgIpc) is 2.06. The van der Waals surface area contributed by atoms with Crippen molar-refractivity contribution >= 4 is 37.0 Å². The SMILES string of the molecule is CSCC(S)(S)c1ccccc1. The van der Waals surface area contributed by atoms with Crippen LogP contribution in [-0.2, 0) is 4.08 Å². The number of hydrogen-bond acceptors (Lipinski definition) is 3. The standard InChI is InChI=1S/C9H12S3/c1-12-7-9(10,11)8-5-3-2-4-6-8/h2-6,10-11H,7H2,1H3. The van der Waals surface area contributed by atoms with Gasteiger partial charge in [0, 0.05) is 5.75 Å². The largest absolute Gasteiger partial charge is 0.163 e. The molecule has 0 aliphatic rings. The van der Waals surface area contributed by atoms with E-state index in [0.717, 1.165) is 11.3 Å². The fourth-order valence-electron chi connectivity index (χ4n) is 0.990. The Morgan fingerprint density at radius 2 is 1.83 bits per heavy atom. The van der Waals surface area contributed by atoms with Crippen molar-refractivity contribution in [2.45, 2.75) is 4.08 Å². The minimum absolute atomic E-state index is 0.305. The summed E-state index contributed by atoms with van der Waals surface area (Å²) in [7, 11) is 0. The van der Waals surface area contributed by atoms with Crippen molar-refractivity contribution in [2.24, 2.45) is 0 Å². The van der Waals surface area contributed by atoms with Gasteiger partial charge in [-0.1, -0.05) is 30.3 Å². The van der Waals surface area contributed by atoms with Gasteiger partial charge >= 0.3 is 0 Å². The summed E-state index contributed by atoms with van der Waals surface area (Å²) >= 11 is 10.7. The molecule has 0 aliphatic heterocycles. The highest BCUT2D eigenvalue weighted by molar-refractivity contribution is 8.04. The second kappa shape index (κ2) is 4.49. The summed E-state index contributed by atoms with van der Waals surface area (Å²) < 4.78 is -0.305. The molecule has 0 radical (unpaired) electrons. The fourth-order valence-corrected chi connectivity index (χ4v) is 2.63. The Balaban J connectivity index is 2.82. The van der Waals surface area contributed by atoms with Crippen LogP contribution in [0.2, 0.25) is 0 Å². The lowest BCUT2D eigenvalue weighted by atomic mass is 10.2. The molecule has 66 valence electrons. The Hall–Kier alpha value is 0.270. The number of rotatable bonds is 3. The van der Waals surface area contributed by atoms with Gasteiger partial charge < -0.3 is 0 Å². The predicted molar refractivity (Wildman–Crippen MR) is 64.5 cm³/mol. The van der Waals surface area contributed by atoms with E-state index < -0.39 is 0 Å². The van der Waals surface area contributed by atoms with Crippen molar-refractivity contribution in [3.05, 3.63) is 35.9 Å². The molecule has 0 amide bonds. The summed E-state index contributed by atoms with van der Waals surface area (Å²) in [6.45, 7) is 0. The van der Waals surface area contributed by atoms with Gasteiger partial charge in [-0.25, -0.2) is 0 Å². The first-order valence-electron chi connectivity index (χ1n) is 3.66. The summed E-state index contributed by atoms with van der Waals surface area (Å²) in [5.74, 6) is 0.906. The van der Waals surface area contributed by atoms with Gasteiger partial charge in [0.2, 0.25) is 0 Å². The van der Waals surface area contributed by atoms with Crippen LogP contribution in [0.15, 0.2) is 30.3 Å². The zero-order valence-electron chi connectivity index (χ0n) is 6.90. The van der Waals surface area contributed by atoms with E-state index in [1.165, 1.54) is 0 Å². The molecule has 1 aromatic carbocycles. The smallest absolute Gasteiger partial charge is 0.0893 e. The molecule has 0 aliphatic carbocycles. The maximum atomic E-state index is 4.50. The average molecular weight is 216 g/mol. The van der Waals surface area contributed by atoms with E-state index in [4.69, 9.17) is 0 Å². The normalized spacial score (nSPS) is 11.6. The highest BCUT2D eigenvalue weighted by Crippen LogP contribution is 2.35. The zero-order valence-corrected chi connectivity index (χ0v) is 9.50. The molecular formula is C9H12S3. The summed E-state index contributed by atoms with van der Waals surface area (Å²) in [6.07, 6.45) is 2.06. The van der Waals surface area contributed by atoms with Crippen LogP contribution in [0.25, 0.3) is 0 Å². The van der Waals surface area contributed by atoms with E-state index in [1.54, 1.807) is 11.8 Å². The highest BCUT2D eigenvalue weighted by atomic mass is 32.2. The molecule has 0 aromatic heterocycles. The maximum absolute atomic E-state index is 4.50. The molecule has 0 bridgehead atoms. The van der Waals surface area contributed by atoms with Gasteiger partial charge in [0.15, 0.2) is 0 Å². The predicted octanol–water partition coefficient (Wildman–Crippen LogP) is 3.06. The summed E-state index contributed by atoms with van der Waals surface area (Å²) in [5.41, 5.74) is 1.16. The molecule has 3 heteroatoms. The van der Waals surface area contributed by atoms with Crippen molar-refractivity contribution in [1.82, 2.24) is 0 Å². The van der Waals surface area contributed by atoms with Crippen LogP contribution in [0.1, 0.15) is 5.56 Å². The molecule has 1 rings (SSSR count). The number of hydrogen-bond donors (Lipinski definition) is 2. The second-order valence-electron chi connectivity index (χ2n) is 2.62. The summed E-state index contributed by atoms with van der Waals surface area (Å²) in [4.78, 5) is 0. The van der Waals surface area contributed by atoms with E-state index in [0.29, 0.717) is 0 Å². The number of thioether (sulfide) groups is 1. The number of thiol groups is 2. The topological polar surface area (TPSA) is 0 Å². The number of benzene rings is 1. The summed E-state index contributed by atoms with van der Waals surface area (Å²) in [5, 5.41) is 0. The van der Waals surface area contributed by atoms with E-state index in [9.17, 15) is 0 Å². The van der Waals surface area contributed by atoms with Crippen LogP contribution in [-0.4, -0.2) is 12.0 Å². The van der Waals surface area contributed by atoms with Gasteiger partial charge in [0.05, 0.1) is 4.08 Å². The molecule has 0 saturated carbocycles. The lowest BCUT2D eigenvalue weighted by Crippen LogP contribution is -2.13. The van der Waals surface area contributed by atoms with Crippen molar-refractivity contribution in [3.8, 4) is 0 Å². The highest BCUT2D eigenvalue weighted by Gasteiger charge is 2.21. The van der Waals surface area contributed by atoms with Gasteiger partial charge in [0.25, 0.3) is 0 Å². The van der Waals surface area contributed by atoms with Crippen molar-refractivity contribution in [2.75, 3.05) is 12.0 Å². The van der Waals surface area contributed by atoms with Crippen LogP contribution >= 0.6 is 37.0 Å². The first-order chi connectivity index (χ1) is 5.67. The zero-order chi connectivity index (χ0) is 9.03. The fraction of sp³-hybridized carbons (Fsp3) is 0.333. The monoisotopic (exact) mass is 216 g/mol. The molecule has 0 atom stereocenters. The van der Waals surface area contributed by atoms with Crippen LogP contribution in [0.3, 0.4) is 0 Å². The Morgan fingerprint density at radius 1 is 1.25 bits per heavy atom. The minimum Gasteiger partial charge on any atom is -0.163 e. The van der Waals surface area contributed by atoms with Gasteiger partial charge in [-0.15, -0.1) is 0 Å². The molecule has 0 heterocycles. The van der Waals surface area contributed by atoms with Crippen LogP contribution in [0, 0.1) is 0 Å². The second-order valence-corrected chi connectivity index (χ2v) is 5.36. The van der Waals surface area contributed by atoms with Crippen LogP contribution in [0.5, 0.6) is 0 Å². The molecule has 0 saturated heterocycles. The third-order valence-corrected chi connectivity index (χ3v) is 3.56. The Labute approximate surface area is 89.0 Å². The first-order valence-corrected chi connectivity index (χ1v) is 5.95. The molecule has 0 unspecified atom stereocenters. The maximum Gasteiger partial charge on any atom is 0.0893 e. The quantitative estimate of drug-likeness (QED) is 0.578. The van der Waals surface area contributed by atoms with E-state index in [-0.39, 0.29) is 4.08 Å². The van der Waals surface area contributed by atoms with E-state index >= 15 is 0 Å². The molecule has 0 N–H and O–H groups in total. The van der Waals surface area contributed by atoms with E-state index in [2.05, 4.69) is 43.6 Å². The Kier molecular flexibility index (Phi) is 3.87. The third-order valence-electron chi connectivity index (χ3n) is 1.58. The molecule has 0 spiro atoms. The third kappa shape index (κ3) is 2.64. The van der Waals surface area contributed by atoms with Gasteiger partial charge in [0.1, 0.15) is 0 Å². The summed E-state index contributed by atoms with van der Waals surface area (Å²) in [6, 6.07) is 10.1. The van der Waals surface area contributed by atoms with Gasteiger partial charge in [-0.05, 0) is 11.8 Å². The lowest BCUT2D eigenvalue weighted by molar-refractivity contribution is 1.05. The van der Waals surface area contributed by atoms with Crippen LogP contribution in [0.4, 0.5) is 0 Å². The first kappa shape index (κ1) is 10.4. The van der Waals surface area contributed by atoms with Gasteiger partial charge in [-0.3, -0.25) is 0 Å². The van der Waals surface area contributed by atoms with E-state index in [1.807, 2.05) is 18.2 Å². The van der Waals surface area contributed by atoms with Crippen LogP contribution < -0.4 is 0 Å². The Bertz CT molecular complexity index is 231. The molecule has 0 fully saturated rings. The van der Waals surface area contributed by atoms with Crippen molar-refractivity contribution < 1.29 is 0 Å². The van der Waals surface area contributed by atoms with Crippen molar-refractivity contribution in [1.29, 1.82) is 0 Å². The Morgan fingerprint density at radius 3 is 2.33 bits per heavy atom. The molecule has 0 nitrogen and oxygen atoms in total. The molecule has 12 heavy (non-hydrogen) atoms. The van der Waals surface area contributed by atoms with Gasteiger partial charge in [-0.2, -0.15) is 37.0 Å². The lowest BCUT2D eigenvalue weighted by Gasteiger charge is -2.21. The minimum atomic E-state index is -0.305. The molecule has 1 aromatic rings.